The molecule has 0 aromatic carbocycles. The summed E-state index contributed by atoms with van der Waals surface area (Å²) in [6.45, 7) is 4.55. The van der Waals surface area contributed by atoms with Crippen LogP contribution in [0.15, 0.2) is 17.3 Å². The normalized spacial score (nSPS) is 11.8. The fourth-order valence-corrected chi connectivity index (χ4v) is 3.49. The molecule has 9 heteroatoms. The summed E-state index contributed by atoms with van der Waals surface area (Å²) in [6.07, 6.45) is 3.62. The summed E-state index contributed by atoms with van der Waals surface area (Å²) >= 11 is 0. The molecule has 4 N–H and O–H groups in total. The lowest BCUT2D eigenvalue weighted by Crippen LogP contribution is -2.15. The Bertz CT molecular complexity index is 674. The predicted molar refractivity (Wildman–Crippen MR) is 74.8 cm³/mol. The Kier molecular flexibility index (Phi) is 4.09. The molecule has 8 nitrogen and oxygen atoms in total. The zero-order valence-corrected chi connectivity index (χ0v) is 12.2. The number of aromatic nitrogens is 4. The van der Waals surface area contributed by atoms with E-state index in [0.29, 0.717) is 30.2 Å². The summed E-state index contributed by atoms with van der Waals surface area (Å²) in [5.74, 6) is 0. The van der Waals surface area contributed by atoms with Crippen molar-refractivity contribution >= 4 is 15.7 Å². The number of nitrogens with two attached hydrogens (primary N) is 1. The SMILES string of the molecule is Cc1nn(CCCN)c(C)c1S(=O)(=O)Nc1cn[nH]c1. The van der Waals surface area contributed by atoms with Crippen LogP contribution in [-0.4, -0.2) is 34.9 Å². The molecule has 0 atom stereocenters. The van der Waals surface area contributed by atoms with E-state index in [-0.39, 0.29) is 4.90 Å². The van der Waals surface area contributed by atoms with Crippen LogP contribution in [0.5, 0.6) is 0 Å². The fourth-order valence-electron chi connectivity index (χ4n) is 2.04. The zero-order chi connectivity index (χ0) is 14.8. The fraction of sp³-hybridized carbons (Fsp3) is 0.455. The maximum absolute atomic E-state index is 12.4. The largest absolute Gasteiger partial charge is 0.330 e. The van der Waals surface area contributed by atoms with Crippen LogP contribution in [-0.2, 0) is 16.6 Å². The predicted octanol–water partition coefficient (Wildman–Crippen LogP) is 0.373. The summed E-state index contributed by atoms with van der Waals surface area (Å²) in [4.78, 5) is 0.204. The number of anilines is 1. The molecule has 2 heterocycles. The molecule has 0 fully saturated rings. The average molecular weight is 298 g/mol. The highest BCUT2D eigenvalue weighted by Gasteiger charge is 2.24. The Morgan fingerprint density at radius 1 is 1.45 bits per heavy atom. The van der Waals surface area contributed by atoms with E-state index in [1.807, 2.05) is 0 Å². The number of H-pyrrole nitrogens is 1. The van der Waals surface area contributed by atoms with Gasteiger partial charge in [-0.1, -0.05) is 0 Å². The van der Waals surface area contributed by atoms with Gasteiger partial charge in [0.2, 0.25) is 0 Å². The van der Waals surface area contributed by atoms with Gasteiger partial charge in [0.1, 0.15) is 4.90 Å². The van der Waals surface area contributed by atoms with E-state index in [1.165, 1.54) is 12.4 Å². The van der Waals surface area contributed by atoms with Crippen LogP contribution in [0.2, 0.25) is 0 Å². The van der Waals surface area contributed by atoms with E-state index >= 15 is 0 Å². The first kappa shape index (κ1) is 14.5. The van der Waals surface area contributed by atoms with Gasteiger partial charge in [0, 0.05) is 12.7 Å². The number of nitrogens with one attached hydrogen (secondary N) is 2. The van der Waals surface area contributed by atoms with E-state index in [9.17, 15) is 8.42 Å². The molecule has 2 aromatic heterocycles. The van der Waals surface area contributed by atoms with Gasteiger partial charge in [0.15, 0.2) is 0 Å². The summed E-state index contributed by atoms with van der Waals surface area (Å²) in [7, 11) is -3.67. The van der Waals surface area contributed by atoms with E-state index < -0.39 is 10.0 Å². The number of nitrogens with zero attached hydrogens (tertiary/aromatic N) is 3. The second-order valence-corrected chi connectivity index (χ2v) is 6.08. The highest BCUT2D eigenvalue weighted by Crippen LogP contribution is 2.22. The third-order valence-corrected chi connectivity index (χ3v) is 4.54. The monoisotopic (exact) mass is 298 g/mol. The lowest BCUT2D eigenvalue weighted by atomic mass is 10.4. The van der Waals surface area contributed by atoms with Gasteiger partial charge >= 0.3 is 0 Å². The Labute approximate surface area is 117 Å². The van der Waals surface area contributed by atoms with Crippen LogP contribution in [0.1, 0.15) is 17.8 Å². The second-order valence-electron chi connectivity index (χ2n) is 4.46. The summed E-state index contributed by atoms with van der Waals surface area (Å²) in [5, 5.41) is 10.5. The molecule has 2 rings (SSSR count). The second kappa shape index (κ2) is 5.63. The van der Waals surface area contributed by atoms with Gasteiger partial charge in [-0.3, -0.25) is 14.5 Å². The van der Waals surface area contributed by atoms with Crippen molar-refractivity contribution in [3.05, 3.63) is 23.8 Å². The topological polar surface area (TPSA) is 119 Å². The molecule has 0 radical (unpaired) electrons. The number of aromatic amines is 1. The number of rotatable bonds is 6. The van der Waals surface area contributed by atoms with Crippen LogP contribution < -0.4 is 10.5 Å². The van der Waals surface area contributed by atoms with E-state index in [1.54, 1.807) is 18.5 Å². The van der Waals surface area contributed by atoms with Crippen LogP contribution in [0.3, 0.4) is 0 Å². The summed E-state index contributed by atoms with van der Waals surface area (Å²) in [6, 6.07) is 0. The van der Waals surface area contributed by atoms with Gasteiger partial charge in [-0.15, -0.1) is 0 Å². The van der Waals surface area contributed by atoms with Crippen molar-refractivity contribution in [2.24, 2.45) is 5.73 Å². The minimum absolute atomic E-state index is 0.204. The Morgan fingerprint density at radius 3 is 2.80 bits per heavy atom. The number of aryl methyl sites for hydroxylation is 2. The molecular formula is C11H18N6O2S. The average Bonchev–Trinajstić information content (AvgIpc) is 2.94. The van der Waals surface area contributed by atoms with Gasteiger partial charge < -0.3 is 5.73 Å². The highest BCUT2D eigenvalue weighted by molar-refractivity contribution is 7.92. The third kappa shape index (κ3) is 2.83. The number of hydrogen-bond acceptors (Lipinski definition) is 5. The first-order valence-corrected chi connectivity index (χ1v) is 7.69. The minimum atomic E-state index is -3.67. The van der Waals surface area contributed by atoms with Crippen LogP contribution in [0.4, 0.5) is 5.69 Å². The molecule has 2 aromatic rings. The summed E-state index contributed by atoms with van der Waals surface area (Å²) < 4.78 is 28.9. The van der Waals surface area contributed by atoms with Crippen LogP contribution in [0.25, 0.3) is 0 Å². The molecule has 0 bridgehead atoms. The zero-order valence-electron chi connectivity index (χ0n) is 11.4. The van der Waals surface area contributed by atoms with E-state index in [2.05, 4.69) is 20.0 Å². The first-order valence-electron chi connectivity index (χ1n) is 6.21. The maximum Gasteiger partial charge on any atom is 0.265 e. The lowest BCUT2D eigenvalue weighted by molar-refractivity contribution is 0.565. The lowest BCUT2D eigenvalue weighted by Gasteiger charge is -2.07. The molecule has 0 saturated heterocycles. The maximum atomic E-state index is 12.4. The molecule has 0 amide bonds. The van der Waals surface area contributed by atoms with E-state index in [0.717, 1.165) is 6.42 Å². The number of hydrogen-bond donors (Lipinski definition) is 3. The summed E-state index contributed by atoms with van der Waals surface area (Å²) in [5.41, 5.74) is 6.92. The van der Waals surface area contributed by atoms with Crippen LogP contribution in [0, 0.1) is 13.8 Å². The third-order valence-electron chi connectivity index (χ3n) is 2.91. The van der Waals surface area contributed by atoms with Crippen molar-refractivity contribution < 1.29 is 8.42 Å². The molecule has 0 unspecified atom stereocenters. The molecule has 0 saturated carbocycles. The molecule has 0 aliphatic carbocycles. The first-order chi connectivity index (χ1) is 9.45. The minimum Gasteiger partial charge on any atom is -0.330 e. The molecule has 110 valence electrons. The molecule has 0 aliphatic rings. The van der Waals surface area contributed by atoms with Gasteiger partial charge in [0.05, 0.1) is 23.3 Å². The Morgan fingerprint density at radius 2 is 2.20 bits per heavy atom. The smallest absolute Gasteiger partial charge is 0.265 e. The quantitative estimate of drug-likeness (QED) is 0.712. The van der Waals surface area contributed by atoms with Crippen molar-refractivity contribution in [1.29, 1.82) is 0 Å². The number of sulfonamides is 1. The van der Waals surface area contributed by atoms with Crippen molar-refractivity contribution in [2.75, 3.05) is 11.3 Å². The van der Waals surface area contributed by atoms with E-state index in [4.69, 9.17) is 5.73 Å². The molecule has 0 spiro atoms. The molecule has 20 heavy (non-hydrogen) atoms. The van der Waals surface area contributed by atoms with Crippen molar-refractivity contribution in [3.8, 4) is 0 Å². The van der Waals surface area contributed by atoms with Crippen molar-refractivity contribution in [2.45, 2.75) is 31.7 Å². The van der Waals surface area contributed by atoms with Gasteiger partial charge in [-0.2, -0.15) is 10.2 Å². The standard InChI is InChI=1S/C11H18N6O2S/c1-8-11(9(2)17(15-8)5-3-4-12)20(18,19)16-10-6-13-14-7-10/h6-7,16H,3-5,12H2,1-2H3,(H,13,14). The van der Waals surface area contributed by atoms with Crippen molar-refractivity contribution in [3.63, 3.8) is 0 Å². The molecule has 0 aliphatic heterocycles. The van der Waals surface area contributed by atoms with Crippen LogP contribution >= 0.6 is 0 Å². The van der Waals surface area contributed by atoms with Gasteiger partial charge in [0.25, 0.3) is 10.0 Å². The van der Waals surface area contributed by atoms with Gasteiger partial charge in [-0.05, 0) is 26.8 Å². The van der Waals surface area contributed by atoms with Crippen molar-refractivity contribution in [1.82, 2.24) is 20.0 Å². The van der Waals surface area contributed by atoms with Gasteiger partial charge in [-0.25, -0.2) is 8.42 Å². The Hall–Kier alpha value is -1.87. The molecular weight excluding hydrogens is 280 g/mol. The highest BCUT2D eigenvalue weighted by atomic mass is 32.2. The Balaban J connectivity index is 2.34.